The summed E-state index contributed by atoms with van der Waals surface area (Å²) in [5.74, 6) is -0.572. The minimum atomic E-state index is -4.65. The smallest absolute Gasteiger partial charge is 0.462 e. The van der Waals surface area contributed by atoms with Crippen LogP contribution in [0.25, 0.3) is 0 Å². The standard InChI is InChI=1S/C84H166N2O16P2S2/c1-5-9-13-17-21-25-29-33-37-39-43-47-51-55-59-63-83(89)97-76-80(102-84(90)64-60-56-52-48-44-40-38-34-30-26-22-18-14-10-6-2)78-101-104(93,94)99-72-68-86-82(88)66-74-106-105-73-65-81(87)85-67-71-98-103(91,92)100-77-79(96-70-62-58-54-50-46-42-36-32-28-24-20-16-12-8-4)75-95-69-61-57-53-49-45-41-35-31-27-23-19-15-11-7-3/h79-80H,5-78H2,1-4H3,(H,85,87)(H,86,88)(H,91,92)(H,93,94). The largest absolute Gasteiger partial charge is 0.472 e. The minimum Gasteiger partial charge on any atom is -0.462 e. The fourth-order valence-electron chi connectivity index (χ4n) is 12.9. The first-order chi connectivity index (χ1) is 51.8. The average Bonchev–Trinajstić information content (AvgIpc) is 0.924. The van der Waals surface area contributed by atoms with Crippen LogP contribution in [0, 0.1) is 0 Å². The van der Waals surface area contributed by atoms with Crippen molar-refractivity contribution in [3.05, 3.63) is 0 Å². The normalized spacial score (nSPS) is 13.4. The molecule has 106 heavy (non-hydrogen) atoms. The molecule has 0 spiro atoms. The maximum atomic E-state index is 13.0. The van der Waals surface area contributed by atoms with Gasteiger partial charge in [0.25, 0.3) is 0 Å². The Balaban J connectivity index is 4.72. The molecule has 0 rings (SSSR count). The second-order valence-electron chi connectivity index (χ2n) is 30.0. The van der Waals surface area contributed by atoms with Crippen LogP contribution in [0.4, 0.5) is 0 Å². The van der Waals surface area contributed by atoms with E-state index in [9.17, 15) is 38.1 Å². The van der Waals surface area contributed by atoms with Gasteiger partial charge >= 0.3 is 27.6 Å². The fourth-order valence-corrected chi connectivity index (χ4v) is 16.4. The molecule has 0 saturated carbocycles. The zero-order chi connectivity index (χ0) is 77.3. The summed E-state index contributed by atoms with van der Waals surface area (Å²) in [4.78, 5) is 72.0. The van der Waals surface area contributed by atoms with Crippen molar-refractivity contribution >= 4 is 61.0 Å². The number of carbonyl (C=O) groups excluding carboxylic acids is 4. The van der Waals surface area contributed by atoms with Gasteiger partial charge in [-0.1, -0.05) is 396 Å². The highest BCUT2D eigenvalue weighted by Crippen LogP contribution is 2.44. The number of nitrogens with one attached hydrogen (secondary N) is 2. The Labute approximate surface area is 658 Å². The van der Waals surface area contributed by atoms with E-state index in [2.05, 4.69) is 38.3 Å². The van der Waals surface area contributed by atoms with E-state index in [0.29, 0.717) is 37.6 Å². The lowest BCUT2D eigenvalue weighted by atomic mass is 10.0. The fraction of sp³-hybridized carbons (Fsp3) is 0.952. The zero-order valence-electron chi connectivity index (χ0n) is 68.8. The van der Waals surface area contributed by atoms with Crippen LogP contribution in [0.5, 0.6) is 0 Å². The van der Waals surface area contributed by atoms with Crippen LogP contribution in [0.1, 0.15) is 426 Å². The van der Waals surface area contributed by atoms with E-state index >= 15 is 0 Å². The molecule has 0 radical (unpaired) electrons. The summed E-state index contributed by atoms with van der Waals surface area (Å²) in [7, 11) is -6.25. The molecule has 0 bridgehead atoms. The first kappa shape index (κ1) is 105. The second-order valence-corrected chi connectivity index (χ2v) is 35.6. The molecule has 0 aliphatic carbocycles. The van der Waals surface area contributed by atoms with E-state index in [1.54, 1.807) is 0 Å². The van der Waals surface area contributed by atoms with Crippen molar-refractivity contribution in [1.82, 2.24) is 10.6 Å². The van der Waals surface area contributed by atoms with Crippen LogP contribution in [0.15, 0.2) is 0 Å². The van der Waals surface area contributed by atoms with E-state index < -0.39 is 46.4 Å². The van der Waals surface area contributed by atoms with Crippen LogP contribution in [-0.2, 0) is 65.4 Å². The van der Waals surface area contributed by atoms with Crippen molar-refractivity contribution in [3.8, 4) is 0 Å². The summed E-state index contributed by atoms with van der Waals surface area (Å²) in [6.45, 7) is 8.79. The highest BCUT2D eigenvalue weighted by atomic mass is 33.1. The van der Waals surface area contributed by atoms with Crippen LogP contribution in [0.2, 0.25) is 0 Å². The Kier molecular flexibility index (Phi) is 82.2. The molecule has 0 aromatic heterocycles. The maximum Gasteiger partial charge on any atom is 0.472 e. The van der Waals surface area contributed by atoms with Gasteiger partial charge in [-0.05, 0) is 25.7 Å². The number of phosphoric acid groups is 2. The number of rotatable bonds is 89. The summed E-state index contributed by atoms with van der Waals surface area (Å²) in [5.41, 5.74) is 0. The Morgan fingerprint density at radius 1 is 0.302 bits per heavy atom. The van der Waals surface area contributed by atoms with E-state index in [1.165, 1.54) is 317 Å². The number of hydrogen-bond acceptors (Lipinski definition) is 16. The Hall–Kier alpha value is -1.28. The lowest BCUT2D eigenvalue weighted by Gasteiger charge is -2.20. The van der Waals surface area contributed by atoms with Gasteiger partial charge in [0, 0.05) is 63.5 Å². The maximum absolute atomic E-state index is 13.0. The predicted molar refractivity (Wildman–Crippen MR) is 445 cm³/mol. The van der Waals surface area contributed by atoms with Crippen molar-refractivity contribution in [2.75, 3.05) is 77.5 Å². The van der Waals surface area contributed by atoms with Crippen molar-refractivity contribution < 1.29 is 75.1 Å². The summed E-state index contributed by atoms with van der Waals surface area (Å²) < 4.78 is 70.1. The van der Waals surface area contributed by atoms with Gasteiger partial charge in [0.2, 0.25) is 11.8 Å². The van der Waals surface area contributed by atoms with Crippen LogP contribution in [0.3, 0.4) is 0 Å². The van der Waals surface area contributed by atoms with Gasteiger partial charge in [-0.15, -0.1) is 0 Å². The lowest BCUT2D eigenvalue weighted by molar-refractivity contribution is -0.161. The third kappa shape index (κ3) is 82.2. The topological polar surface area (TPSA) is 241 Å². The number of carbonyl (C=O) groups is 4. The van der Waals surface area contributed by atoms with Crippen LogP contribution >= 0.6 is 37.2 Å². The van der Waals surface area contributed by atoms with Gasteiger partial charge in [0.05, 0.1) is 33.0 Å². The third-order valence-electron chi connectivity index (χ3n) is 19.6. The number of amides is 2. The first-order valence-corrected chi connectivity index (χ1v) is 49.8. The molecular formula is C84H166N2O16P2S2. The molecule has 0 saturated heterocycles. The SMILES string of the molecule is CCCCCCCCCCCCCCCCCC(=O)OCC(COP(=O)(O)OCCNC(=O)CCSSCCC(=O)NCCOP(=O)(O)OCC(COCCCCCCCCCCCCCCCC)OCCCCCCCCCCCCCCCC)OC(=O)CCCCCCCCCCCCCCCCC. The third-order valence-corrected chi connectivity index (χ3v) is 24.0. The van der Waals surface area contributed by atoms with Crippen molar-refractivity contribution in [1.29, 1.82) is 0 Å². The quantitative estimate of drug-likeness (QED) is 0.0191. The predicted octanol–water partition coefficient (Wildman–Crippen LogP) is 25.0. The van der Waals surface area contributed by atoms with Crippen LogP contribution < -0.4 is 10.6 Å². The van der Waals surface area contributed by atoms with E-state index in [1.807, 2.05) is 0 Å². The van der Waals surface area contributed by atoms with E-state index in [4.69, 9.17) is 37.0 Å². The first-order valence-electron chi connectivity index (χ1n) is 44.3. The summed E-state index contributed by atoms with van der Waals surface area (Å²) in [5, 5.41) is 5.37. The van der Waals surface area contributed by atoms with Crippen molar-refractivity contribution in [2.45, 2.75) is 438 Å². The van der Waals surface area contributed by atoms with Crippen molar-refractivity contribution in [2.24, 2.45) is 0 Å². The Bertz CT molecular complexity index is 2010. The van der Waals surface area contributed by atoms with Gasteiger partial charge in [-0.2, -0.15) is 0 Å². The summed E-state index contributed by atoms with van der Waals surface area (Å²) in [6.07, 6.45) is 71.2. The molecule has 2 amide bonds. The molecule has 630 valence electrons. The molecule has 0 aliphatic heterocycles. The van der Waals surface area contributed by atoms with Crippen LogP contribution in [-0.4, -0.2) is 123 Å². The summed E-state index contributed by atoms with van der Waals surface area (Å²) >= 11 is 0. The molecule has 4 unspecified atom stereocenters. The molecule has 4 N–H and O–H groups in total. The molecule has 0 aliphatic rings. The Morgan fingerprint density at radius 3 is 0.896 bits per heavy atom. The molecule has 0 heterocycles. The second kappa shape index (κ2) is 83.2. The van der Waals surface area contributed by atoms with Gasteiger partial charge in [0.1, 0.15) is 12.7 Å². The molecular weight excluding hydrogens is 1420 g/mol. The van der Waals surface area contributed by atoms with E-state index in [-0.39, 0.29) is 83.6 Å². The summed E-state index contributed by atoms with van der Waals surface area (Å²) in [6, 6.07) is 0. The zero-order valence-corrected chi connectivity index (χ0v) is 72.2. The molecule has 0 fully saturated rings. The number of phosphoric ester groups is 2. The molecule has 0 aromatic carbocycles. The molecule has 4 atom stereocenters. The number of unbranched alkanes of at least 4 members (excludes halogenated alkanes) is 54. The van der Waals surface area contributed by atoms with E-state index in [0.717, 1.165) is 64.2 Å². The highest BCUT2D eigenvalue weighted by Gasteiger charge is 2.27. The molecule has 0 aromatic rings. The highest BCUT2D eigenvalue weighted by molar-refractivity contribution is 8.76. The number of hydrogen-bond donors (Lipinski definition) is 4. The van der Waals surface area contributed by atoms with Crippen molar-refractivity contribution in [3.63, 3.8) is 0 Å². The number of ether oxygens (including phenoxy) is 4. The van der Waals surface area contributed by atoms with Gasteiger partial charge in [0.15, 0.2) is 6.10 Å². The monoisotopic (exact) mass is 1590 g/mol. The number of esters is 2. The van der Waals surface area contributed by atoms with Gasteiger partial charge in [-0.3, -0.25) is 37.3 Å². The average molecular weight is 1590 g/mol. The molecule has 22 heteroatoms. The Morgan fingerprint density at radius 2 is 0.575 bits per heavy atom. The lowest BCUT2D eigenvalue weighted by Crippen LogP contribution is -2.30. The van der Waals surface area contributed by atoms with Gasteiger partial charge in [-0.25, -0.2) is 9.13 Å². The van der Waals surface area contributed by atoms with Gasteiger partial charge < -0.3 is 39.4 Å². The minimum absolute atomic E-state index is 0.0139. The molecule has 18 nitrogen and oxygen atoms in total.